The molecule has 1 aromatic rings. The summed E-state index contributed by atoms with van der Waals surface area (Å²) in [6.45, 7) is 3.90. The highest BCUT2D eigenvalue weighted by Crippen LogP contribution is 2.27. The van der Waals surface area contributed by atoms with E-state index in [2.05, 4.69) is 4.90 Å². The lowest BCUT2D eigenvalue weighted by molar-refractivity contribution is -0.384. The van der Waals surface area contributed by atoms with Crippen LogP contribution >= 0.6 is 11.6 Å². The largest absolute Gasteiger partial charge is 0.389 e. The highest BCUT2D eigenvalue weighted by Gasteiger charge is 2.28. The van der Waals surface area contributed by atoms with Gasteiger partial charge in [-0.1, -0.05) is 17.7 Å². The highest BCUT2D eigenvalue weighted by atomic mass is 35.5. The number of benzene rings is 1. The highest BCUT2D eigenvalue weighted by molar-refractivity contribution is 6.32. The molecule has 19 heavy (non-hydrogen) atoms. The molecular weight excluding hydrogens is 268 g/mol. The van der Waals surface area contributed by atoms with Crippen LogP contribution in [0.2, 0.25) is 5.02 Å². The first-order chi connectivity index (χ1) is 8.87. The molecule has 1 atom stereocenters. The van der Waals surface area contributed by atoms with Gasteiger partial charge in [0, 0.05) is 19.2 Å². The number of piperidine rings is 1. The Kier molecular flexibility index (Phi) is 4.08. The maximum absolute atomic E-state index is 10.8. The van der Waals surface area contributed by atoms with Crippen LogP contribution in [0, 0.1) is 10.1 Å². The van der Waals surface area contributed by atoms with Crippen molar-refractivity contribution in [3.8, 4) is 0 Å². The van der Waals surface area contributed by atoms with Crippen LogP contribution in [0.4, 0.5) is 5.69 Å². The van der Waals surface area contributed by atoms with Gasteiger partial charge in [-0.3, -0.25) is 15.0 Å². The van der Waals surface area contributed by atoms with Gasteiger partial charge in [-0.2, -0.15) is 0 Å². The first-order valence-electron chi connectivity index (χ1n) is 6.25. The van der Waals surface area contributed by atoms with E-state index in [-0.39, 0.29) is 10.7 Å². The number of hydrogen-bond acceptors (Lipinski definition) is 4. The van der Waals surface area contributed by atoms with E-state index in [0.717, 1.165) is 24.9 Å². The smallest absolute Gasteiger partial charge is 0.288 e. The molecule has 1 N–H and O–H groups in total. The van der Waals surface area contributed by atoms with Crippen molar-refractivity contribution in [2.45, 2.75) is 31.9 Å². The molecule has 1 fully saturated rings. The average Bonchev–Trinajstić information content (AvgIpc) is 2.30. The number of nitrogens with zero attached hydrogens (tertiary/aromatic N) is 2. The molecule has 1 aliphatic rings. The van der Waals surface area contributed by atoms with E-state index < -0.39 is 10.5 Å². The Bertz CT molecular complexity index is 491. The molecule has 1 unspecified atom stereocenters. The Labute approximate surface area is 116 Å². The quantitative estimate of drug-likeness (QED) is 0.684. The van der Waals surface area contributed by atoms with Crippen LogP contribution in [-0.2, 0) is 6.54 Å². The van der Waals surface area contributed by atoms with Gasteiger partial charge in [-0.25, -0.2) is 0 Å². The second kappa shape index (κ2) is 5.45. The molecule has 0 spiro atoms. The summed E-state index contributed by atoms with van der Waals surface area (Å²) >= 11 is 5.78. The van der Waals surface area contributed by atoms with Gasteiger partial charge >= 0.3 is 0 Å². The summed E-state index contributed by atoms with van der Waals surface area (Å²) in [6, 6.07) is 4.85. The second-order valence-corrected chi connectivity index (χ2v) is 5.76. The zero-order valence-electron chi connectivity index (χ0n) is 10.8. The van der Waals surface area contributed by atoms with Crippen molar-refractivity contribution in [2.24, 2.45) is 0 Å². The van der Waals surface area contributed by atoms with E-state index in [1.165, 1.54) is 6.07 Å². The van der Waals surface area contributed by atoms with E-state index in [9.17, 15) is 15.2 Å². The Morgan fingerprint density at radius 3 is 2.95 bits per heavy atom. The second-order valence-electron chi connectivity index (χ2n) is 5.35. The molecule has 1 aromatic carbocycles. The summed E-state index contributed by atoms with van der Waals surface area (Å²) in [5.41, 5.74) is 0.105. The van der Waals surface area contributed by atoms with Crippen LogP contribution in [0.25, 0.3) is 0 Å². The Balaban J connectivity index is 2.11. The number of nitro benzene ring substituents is 1. The SMILES string of the molecule is CC1(O)CCCN(Cc2ccc(Cl)c([N+](=O)[O-])c2)C1. The van der Waals surface area contributed by atoms with Crippen molar-refractivity contribution < 1.29 is 10.0 Å². The first-order valence-corrected chi connectivity index (χ1v) is 6.63. The van der Waals surface area contributed by atoms with Crippen molar-refractivity contribution in [3.63, 3.8) is 0 Å². The molecule has 1 heterocycles. The zero-order valence-corrected chi connectivity index (χ0v) is 11.6. The maximum atomic E-state index is 10.8. The number of β-amino-alcohol motifs (C(OH)–C–C–N with tert-alkyl or cyclic N) is 1. The van der Waals surface area contributed by atoms with Gasteiger partial charge in [0.2, 0.25) is 0 Å². The molecule has 6 heteroatoms. The van der Waals surface area contributed by atoms with Crippen LogP contribution in [0.3, 0.4) is 0 Å². The van der Waals surface area contributed by atoms with Gasteiger partial charge in [0.1, 0.15) is 5.02 Å². The molecule has 0 aromatic heterocycles. The lowest BCUT2D eigenvalue weighted by Gasteiger charge is -2.36. The van der Waals surface area contributed by atoms with Crippen LogP contribution < -0.4 is 0 Å². The predicted molar refractivity (Wildman–Crippen MR) is 73.2 cm³/mol. The van der Waals surface area contributed by atoms with Gasteiger partial charge in [-0.15, -0.1) is 0 Å². The number of rotatable bonds is 3. The van der Waals surface area contributed by atoms with E-state index in [1.54, 1.807) is 12.1 Å². The molecule has 1 aliphatic heterocycles. The van der Waals surface area contributed by atoms with Gasteiger partial charge < -0.3 is 5.11 Å². The summed E-state index contributed by atoms with van der Waals surface area (Å²) in [5.74, 6) is 0. The van der Waals surface area contributed by atoms with Crippen molar-refractivity contribution >= 4 is 17.3 Å². The lowest BCUT2D eigenvalue weighted by atomic mass is 9.95. The van der Waals surface area contributed by atoms with Crippen molar-refractivity contribution in [1.29, 1.82) is 0 Å². The normalized spacial score (nSPS) is 24.4. The topological polar surface area (TPSA) is 66.6 Å². The molecule has 0 amide bonds. The number of halogens is 1. The van der Waals surface area contributed by atoms with Gasteiger partial charge in [0.05, 0.1) is 10.5 Å². The summed E-state index contributed by atoms with van der Waals surface area (Å²) < 4.78 is 0. The fourth-order valence-electron chi connectivity index (χ4n) is 2.51. The minimum atomic E-state index is -0.670. The number of likely N-dealkylation sites (tertiary alicyclic amines) is 1. The summed E-state index contributed by atoms with van der Waals surface area (Å²) in [5, 5.41) is 21.0. The predicted octanol–water partition coefficient (Wildman–Crippen LogP) is 2.60. The summed E-state index contributed by atoms with van der Waals surface area (Å²) in [6.07, 6.45) is 1.73. The minimum Gasteiger partial charge on any atom is -0.389 e. The van der Waals surface area contributed by atoms with Crippen LogP contribution in [0.1, 0.15) is 25.3 Å². The average molecular weight is 285 g/mol. The standard InChI is InChI=1S/C13H17ClN2O3/c1-13(17)5-2-6-15(9-13)8-10-3-4-11(14)12(7-10)16(18)19/h3-4,7,17H,2,5-6,8-9H2,1H3. The minimum absolute atomic E-state index is 0.0667. The van der Waals surface area contributed by atoms with E-state index >= 15 is 0 Å². The monoisotopic (exact) mass is 284 g/mol. The first kappa shape index (κ1) is 14.2. The van der Waals surface area contributed by atoms with Crippen LogP contribution in [-0.4, -0.2) is 33.6 Å². The summed E-state index contributed by atoms with van der Waals surface area (Å²) in [7, 11) is 0. The Hall–Kier alpha value is -1.17. The number of hydrogen-bond donors (Lipinski definition) is 1. The van der Waals surface area contributed by atoms with Gasteiger partial charge in [-0.05, 0) is 37.9 Å². The van der Waals surface area contributed by atoms with E-state index in [0.29, 0.717) is 13.1 Å². The van der Waals surface area contributed by atoms with E-state index in [4.69, 9.17) is 11.6 Å². The van der Waals surface area contributed by atoms with Crippen molar-refractivity contribution in [1.82, 2.24) is 4.90 Å². The maximum Gasteiger partial charge on any atom is 0.288 e. The van der Waals surface area contributed by atoms with Crippen LogP contribution in [0.5, 0.6) is 0 Å². The third-order valence-corrected chi connectivity index (χ3v) is 3.69. The number of nitro groups is 1. The molecule has 0 saturated carbocycles. The Morgan fingerprint density at radius 1 is 1.58 bits per heavy atom. The van der Waals surface area contributed by atoms with Gasteiger partial charge in [0.25, 0.3) is 5.69 Å². The third kappa shape index (κ3) is 3.65. The fraction of sp³-hybridized carbons (Fsp3) is 0.538. The molecule has 5 nitrogen and oxygen atoms in total. The zero-order chi connectivity index (χ0) is 14.0. The lowest BCUT2D eigenvalue weighted by Crippen LogP contribution is -2.45. The molecule has 1 saturated heterocycles. The molecule has 104 valence electrons. The number of aliphatic hydroxyl groups is 1. The molecule has 0 aliphatic carbocycles. The fourth-order valence-corrected chi connectivity index (χ4v) is 2.70. The van der Waals surface area contributed by atoms with Crippen molar-refractivity contribution in [2.75, 3.05) is 13.1 Å². The van der Waals surface area contributed by atoms with Gasteiger partial charge in [0.15, 0.2) is 0 Å². The van der Waals surface area contributed by atoms with Crippen LogP contribution in [0.15, 0.2) is 18.2 Å². The molecular formula is C13H17ClN2O3. The Morgan fingerprint density at radius 2 is 2.32 bits per heavy atom. The molecule has 0 bridgehead atoms. The molecule has 0 radical (unpaired) electrons. The van der Waals surface area contributed by atoms with E-state index in [1.807, 2.05) is 6.92 Å². The molecule has 2 rings (SSSR count). The summed E-state index contributed by atoms with van der Waals surface area (Å²) in [4.78, 5) is 12.5. The van der Waals surface area contributed by atoms with Crippen molar-refractivity contribution in [3.05, 3.63) is 38.9 Å². The third-order valence-electron chi connectivity index (χ3n) is 3.37.